The molecule has 148 valence electrons. The number of nitrogens with zero attached hydrogens (tertiary/aromatic N) is 3. The number of benzene rings is 1. The maximum Gasteiger partial charge on any atom is 0.212 e. The van der Waals surface area contributed by atoms with E-state index >= 15 is 0 Å². The van der Waals surface area contributed by atoms with Gasteiger partial charge in [-0.05, 0) is 37.0 Å². The Morgan fingerprint density at radius 2 is 2.00 bits per heavy atom. The molecular weight excluding hydrogens is 463 g/mol. The lowest BCUT2D eigenvalue weighted by Gasteiger charge is -2.22. The van der Waals surface area contributed by atoms with Crippen LogP contribution in [0.3, 0.4) is 0 Å². The van der Waals surface area contributed by atoms with Crippen LogP contribution < -0.4 is 4.74 Å². The molecule has 3 rings (SSSR count). The molecule has 0 aliphatic heterocycles. The standard InChI is InChI=1S/C20H26F2IN3O/c1-2-25(23)13-18-11-20(26(24-18)12-15-6-4-3-5-7-15)27-14-16-10-17(21)8-9-19(16)22/h8-11,15H,2-7,12-14H2,1H3. The first-order valence-corrected chi connectivity index (χ1v) is 10.6. The van der Waals surface area contributed by atoms with E-state index < -0.39 is 11.6 Å². The van der Waals surface area contributed by atoms with Crippen molar-refractivity contribution in [2.75, 3.05) is 6.54 Å². The van der Waals surface area contributed by atoms with Crippen molar-refractivity contribution in [2.45, 2.75) is 58.7 Å². The Morgan fingerprint density at radius 1 is 1.22 bits per heavy atom. The van der Waals surface area contributed by atoms with Gasteiger partial charge in [-0.2, -0.15) is 5.10 Å². The molecule has 0 N–H and O–H groups in total. The van der Waals surface area contributed by atoms with E-state index in [4.69, 9.17) is 9.84 Å². The Morgan fingerprint density at radius 3 is 2.74 bits per heavy atom. The van der Waals surface area contributed by atoms with Crippen molar-refractivity contribution in [3.05, 3.63) is 47.2 Å². The fourth-order valence-corrected chi connectivity index (χ4v) is 3.83. The third-order valence-corrected chi connectivity index (χ3v) is 6.03. The van der Waals surface area contributed by atoms with Crippen LogP contribution in [0, 0.1) is 17.6 Å². The molecule has 1 aromatic carbocycles. The van der Waals surface area contributed by atoms with Gasteiger partial charge >= 0.3 is 0 Å². The van der Waals surface area contributed by atoms with Crippen molar-refractivity contribution in [1.29, 1.82) is 0 Å². The van der Waals surface area contributed by atoms with E-state index in [0.717, 1.165) is 37.5 Å². The Hall–Kier alpha value is -1.22. The van der Waals surface area contributed by atoms with E-state index in [9.17, 15) is 8.78 Å². The topological polar surface area (TPSA) is 30.3 Å². The highest BCUT2D eigenvalue weighted by Gasteiger charge is 2.18. The summed E-state index contributed by atoms with van der Waals surface area (Å²) < 4.78 is 37.2. The first-order valence-electron chi connectivity index (χ1n) is 9.59. The van der Waals surface area contributed by atoms with E-state index in [2.05, 4.69) is 32.9 Å². The van der Waals surface area contributed by atoms with Crippen molar-refractivity contribution in [3.8, 4) is 5.88 Å². The molecule has 2 aromatic rings. The van der Waals surface area contributed by atoms with Crippen LogP contribution in [-0.4, -0.2) is 19.4 Å². The Balaban J connectivity index is 1.74. The number of aromatic nitrogens is 2. The quantitative estimate of drug-likeness (QED) is 0.363. The van der Waals surface area contributed by atoms with Gasteiger partial charge in [-0.25, -0.2) is 16.6 Å². The highest BCUT2D eigenvalue weighted by Crippen LogP contribution is 2.27. The normalized spacial score (nSPS) is 15.4. The third kappa shape index (κ3) is 5.88. The first-order chi connectivity index (χ1) is 13.0. The van der Waals surface area contributed by atoms with Crippen LogP contribution in [0.25, 0.3) is 0 Å². The lowest BCUT2D eigenvalue weighted by atomic mass is 9.89. The molecule has 1 fully saturated rings. The summed E-state index contributed by atoms with van der Waals surface area (Å²) in [5.74, 6) is 0.302. The largest absolute Gasteiger partial charge is 0.473 e. The third-order valence-electron chi connectivity index (χ3n) is 5.01. The summed E-state index contributed by atoms with van der Waals surface area (Å²) in [6.45, 7) is 4.53. The van der Waals surface area contributed by atoms with Gasteiger partial charge in [0, 0.05) is 47.6 Å². The Bertz CT molecular complexity index is 747. The highest BCUT2D eigenvalue weighted by molar-refractivity contribution is 14.1. The molecule has 0 saturated heterocycles. The van der Waals surface area contributed by atoms with Crippen LogP contribution in [-0.2, 0) is 19.7 Å². The van der Waals surface area contributed by atoms with E-state index in [1.807, 2.05) is 10.7 Å². The SMILES string of the molecule is CCN(I)Cc1cc(OCc2cc(F)ccc2F)n(CC2CCCCC2)n1. The second kappa shape index (κ2) is 9.82. The second-order valence-corrected chi connectivity index (χ2v) is 8.49. The molecule has 1 aromatic heterocycles. The molecule has 1 heterocycles. The van der Waals surface area contributed by atoms with Gasteiger partial charge in [0.2, 0.25) is 5.88 Å². The van der Waals surface area contributed by atoms with Gasteiger partial charge in [0.05, 0.1) is 12.2 Å². The fourth-order valence-electron chi connectivity index (χ4n) is 3.48. The average molecular weight is 489 g/mol. The summed E-state index contributed by atoms with van der Waals surface area (Å²) in [5, 5.41) is 4.72. The van der Waals surface area contributed by atoms with Gasteiger partial charge in [-0.3, -0.25) is 0 Å². The number of halogens is 3. The van der Waals surface area contributed by atoms with Crippen LogP contribution in [0.1, 0.15) is 50.3 Å². The van der Waals surface area contributed by atoms with E-state index in [1.54, 1.807) is 0 Å². The Kier molecular flexibility index (Phi) is 7.46. The van der Waals surface area contributed by atoms with Crippen LogP contribution in [0.2, 0.25) is 0 Å². The average Bonchev–Trinajstić information content (AvgIpc) is 3.04. The molecule has 0 bridgehead atoms. The van der Waals surface area contributed by atoms with Crippen molar-refractivity contribution in [1.82, 2.24) is 12.9 Å². The van der Waals surface area contributed by atoms with Gasteiger partial charge in [-0.1, -0.05) is 26.2 Å². The minimum atomic E-state index is -0.463. The lowest BCUT2D eigenvalue weighted by molar-refractivity contribution is 0.242. The summed E-state index contributed by atoms with van der Waals surface area (Å²) in [5.41, 5.74) is 1.14. The zero-order valence-electron chi connectivity index (χ0n) is 15.6. The van der Waals surface area contributed by atoms with Gasteiger partial charge in [0.25, 0.3) is 0 Å². The summed E-state index contributed by atoms with van der Waals surface area (Å²) in [6, 6.07) is 5.35. The molecule has 0 atom stereocenters. The minimum Gasteiger partial charge on any atom is -0.473 e. The monoisotopic (exact) mass is 489 g/mol. The maximum absolute atomic E-state index is 13.9. The predicted octanol–water partition coefficient (Wildman–Crippen LogP) is 5.49. The van der Waals surface area contributed by atoms with Gasteiger partial charge in [-0.15, -0.1) is 0 Å². The Labute approximate surface area is 173 Å². The van der Waals surface area contributed by atoms with Crippen LogP contribution in [0.4, 0.5) is 8.78 Å². The molecular formula is C20H26F2IN3O. The number of hydrogen-bond acceptors (Lipinski definition) is 3. The summed E-state index contributed by atoms with van der Waals surface area (Å²) >= 11 is 2.28. The number of ether oxygens (including phenoxy) is 1. The van der Waals surface area contributed by atoms with Gasteiger partial charge in [0.1, 0.15) is 18.2 Å². The maximum atomic E-state index is 13.9. The predicted molar refractivity (Wildman–Crippen MR) is 110 cm³/mol. The molecule has 1 aliphatic rings. The molecule has 1 saturated carbocycles. The van der Waals surface area contributed by atoms with E-state index in [0.29, 0.717) is 11.8 Å². The molecule has 0 amide bonds. The van der Waals surface area contributed by atoms with Crippen molar-refractivity contribution in [2.24, 2.45) is 5.92 Å². The van der Waals surface area contributed by atoms with Crippen molar-refractivity contribution >= 4 is 22.9 Å². The van der Waals surface area contributed by atoms with E-state index in [-0.39, 0.29) is 12.2 Å². The summed E-state index contributed by atoms with van der Waals surface area (Å²) in [7, 11) is 0. The van der Waals surface area contributed by atoms with Crippen LogP contribution >= 0.6 is 22.9 Å². The molecule has 0 unspecified atom stereocenters. The second-order valence-electron chi connectivity index (χ2n) is 7.12. The molecule has 0 spiro atoms. The fraction of sp³-hybridized carbons (Fsp3) is 0.550. The molecule has 4 nitrogen and oxygen atoms in total. The molecule has 27 heavy (non-hydrogen) atoms. The number of rotatable bonds is 8. The minimum absolute atomic E-state index is 0.0128. The number of hydrogen-bond donors (Lipinski definition) is 0. The van der Waals surface area contributed by atoms with Gasteiger partial charge < -0.3 is 4.74 Å². The first kappa shape index (κ1) is 20.5. The smallest absolute Gasteiger partial charge is 0.212 e. The van der Waals surface area contributed by atoms with Crippen molar-refractivity contribution in [3.63, 3.8) is 0 Å². The summed E-state index contributed by atoms with van der Waals surface area (Å²) in [4.78, 5) is 0. The molecule has 7 heteroatoms. The zero-order chi connectivity index (χ0) is 19.2. The molecule has 0 radical (unpaired) electrons. The zero-order valence-corrected chi connectivity index (χ0v) is 17.8. The highest BCUT2D eigenvalue weighted by atomic mass is 127. The van der Waals surface area contributed by atoms with Gasteiger partial charge in [0.15, 0.2) is 0 Å². The van der Waals surface area contributed by atoms with Crippen LogP contribution in [0.15, 0.2) is 24.3 Å². The van der Waals surface area contributed by atoms with Crippen LogP contribution in [0.5, 0.6) is 5.88 Å². The lowest BCUT2D eigenvalue weighted by Crippen LogP contribution is -2.17. The molecule has 1 aliphatic carbocycles. The summed E-state index contributed by atoms with van der Waals surface area (Å²) in [6.07, 6.45) is 6.26. The van der Waals surface area contributed by atoms with Crippen molar-refractivity contribution < 1.29 is 13.5 Å². The van der Waals surface area contributed by atoms with E-state index in [1.165, 1.54) is 38.2 Å².